The van der Waals surface area contributed by atoms with Crippen LogP contribution in [0.25, 0.3) is 22.3 Å². The molecule has 1 amide bonds. The summed E-state index contributed by atoms with van der Waals surface area (Å²) in [7, 11) is 0. The lowest BCUT2D eigenvalue weighted by Gasteiger charge is -2.45. The van der Waals surface area contributed by atoms with Crippen molar-refractivity contribution in [2.24, 2.45) is 16.8 Å². The monoisotopic (exact) mass is 701 g/mol. The molecule has 246 valence electrons. The second kappa shape index (κ2) is 12.9. The highest BCUT2D eigenvalue weighted by molar-refractivity contribution is 6.40. The van der Waals surface area contributed by atoms with E-state index in [0.717, 1.165) is 0 Å². The Hall–Kier alpha value is -3.98. The van der Waals surface area contributed by atoms with Gasteiger partial charge in [-0.1, -0.05) is 68.2 Å². The zero-order valence-corrected chi connectivity index (χ0v) is 28.6. The van der Waals surface area contributed by atoms with Gasteiger partial charge in [-0.3, -0.25) is 19.1 Å². The summed E-state index contributed by atoms with van der Waals surface area (Å²) in [6, 6.07) is 2.32. The molecule has 0 aliphatic carbocycles. The molecular formula is C33H32Cl3F2N7O2. The van der Waals surface area contributed by atoms with Crippen LogP contribution in [-0.2, 0) is 4.79 Å². The van der Waals surface area contributed by atoms with E-state index in [0.29, 0.717) is 11.1 Å². The molecule has 3 aromatic rings. The lowest BCUT2D eigenvalue weighted by molar-refractivity contribution is -0.130. The summed E-state index contributed by atoms with van der Waals surface area (Å²) in [6.45, 7) is 13.7. The van der Waals surface area contributed by atoms with Crippen LogP contribution in [-0.4, -0.2) is 51.2 Å². The predicted molar refractivity (Wildman–Crippen MR) is 183 cm³/mol. The summed E-state index contributed by atoms with van der Waals surface area (Å²) < 4.78 is 30.8. The topological polar surface area (TPSA) is 121 Å². The maximum atomic E-state index is 14.9. The van der Waals surface area contributed by atoms with E-state index >= 15 is 0 Å². The second-order valence-corrected chi connectivity index (χ2v) is 13.3. The SMILES string of the molecule is C=CC(=O)N1[C@H](C)CN(c2c(C#N)c(=O)n(C3C(C(C)C)=NC=C[C@H]3C)c3nc(-c4c(N)c(Cl)c(F)c(F)c4Cl)c(Cl)cc23)C[C@@H]1C. The summed E-state index contributed by atoms with van der Waals surface area (Å²) in [5.74, 6) is -3.46. The van der Waals surface area contributed by atoms with Crippen LogP contribution < -0.4 is 16.2 Å². The third-order valence-corrected chi connectivity index (χ3v) is 9.72. The van der Waals surface area contributed by atoms with E-state index in [1.165, 1.54) is 16.7 Å². The molecule has 2 aliphatic heterocycles. The van der Waals surface area contributed by atoms with Crippen molar-refractivity contribution in [3.8, 4) is 17.3 Å². The number of pyridine rings is 2. The molecule has 4 atom stereocenters. The Morgan fingerprint density at radius 3 is 2.34 bits per heavy atom. The standard InChI is InChI=1S/C33H32Cl3F2N7O2/c1-7-21(46)44-16(5)12-43(13-17(44)6)31-18-10-20(34)29(22-23(35)25(37)26(38)24(36)27(22)40)42-32(18)45(33(47)19(31)11-39)30-15(4)8-9-41-28(30)14(2)3/h7-10,14-17,30H,1,12-13,40H2,2-6H3/t15-,16-,17+,30?/m1/s1. The van der Waals surface area contributed by atoms with Crippen molar-refractivity contribution in [3.63, 3.8) is 0 Å². The van der Waals surface area contributed by atoms with Crippen molar-refractivity contribution in [1.29, 1.82) is 5.26 Å². The van der Waals surface area contributed by atoms with Gasteiger partial charge in [0.1, 0.15) is 22.3 Å². The van der Waals surface area contributed by atoms with Crippen LogP contribution in [0, 0.1) is 34.8 Å². The number of carbonyl (C=O) groups excluding carboxylic acids is 1. The van der Waals surface area contributed by atoms with Gasteiger partial charge in [0.25, 0.3) is 5.56 Å². The fourth-order valence-electron chi connectivity index (χ4n) is 6.65. The minimum Gasteiger partial charge on any atom is -0.397 e. The number of hydrogen-bond acceptors (Lipinski definition) is 7. The molecule has 14 heteroatoms. The second-order valence-electron chi connectivity index (χ2n) is 12.2. The Morgan fingerprint density at radius 2 is 1.77 bits per heavy atom. The largest absolute Gasteiger partial charge is 0.397 e. The number of halogens is 5. The Labute approximate surface area is 285 Å². The summed E-state index contributed by atoms with van der Waals surface area (Å²) in [4.78, 5) is 40.2. The van der Waals surface area contributed by atoms with E-state index in [1.807, 2.05) is 45.6 Å². The molecule has 1 aromatic carbocycles. The maximum Gasteiger partial charge on any atom is 0.272 e. The Morgan fingerprint density at radius 1 is 1.15 bits per heavy atom. The summed E-state index contributed by atoms with van der Waals surface area (Å²) in [5, 5.41) is 9.41. The van der Waals surface area contributed by atoms with E-state index in [2.05, 4.69) is 17.6 Å². The average molecular weight is 703 g/mol. The van der Waals surface area contributed by atoms with Gasteiger partial charge in [-0.15, -0.1) is 0 Å². The van der Waals surface area contributed by atoms with Gasteiger partial charge in [0.2, 0.25) is 5.91 Å². The van der Waals surface area contributed by atoms with Gasteiger partial charge in [-0.25, -0.2) is 13.8 Å². The molecule has 1 saturated heterocycles. The highest BCUT2D eigenvalue weighted by Crippen LogP contribution is 2.45. The Kier molecular flexibility index (Phi) is 9.43. The van der Waals surface area contributed by atoms with E-state index < -0.39 is 39.0 Å². The van der Waals surface area contributed by atoms with Gasteiger partial charge in [-0.2, -0.15) is 5.26 Å². The number of allylic oxidation sites excluding steroid dienone is 1. The lowest BCUT2D eigenvalue weighted by Crippen LogP contribution is -2.58. The predicted octanol–water partition coefficient (Wildman–Crippen LogP) is 7.17. The van der Waals surface area contributed by atoms with Gasteiger partial charge in [-0.05, 0) is 31.9 Å². The first-order valence-electron chi connectivity index (χ1n) is 14.9. The minimum absolute atomic E-state index is 0.0700. The molecule has 0 bridgehead atoms. The first kappa shape index (κ1) is 34.4. The Bertz CT molecular complexity index is 1960. The summed E-state index contributed by atoms with van der Waals surface area (Å²) in [6.07, 6.45) is 4.77. The Balaban J connectivity index is 1.91. The number of nitrogens with two attached hydrogens (primary N) is 1. The van der Waals surface area contributed by atoms with Gasteiger partial charge < -0.3 is 15.5 Å². The average Bonchev–Trinajstić information content (AvgIpc) is 3.02. The number of benzene rings is 1. The minimum atomic E-state index is -1.44. The molecule has 47 heavy (non-hydrogen) atoms. The van der Waals surface area contributed by atoms with Crippen LogP contribution in [0.15, 0.2) is 40.8 Å². The number of piperazine rings is 1. The van der Waals surface area contributed by atoms with Gasteiger partial charge in [0.05, 0.1) is 33.2 Å². The fourth-order valence-corrected chi connectivity index (χ4v) is 7.35. The van der Waals surface area contributed by atoms with Crippen molar-refractivity contribution in [2.45, 2.75) is 52.7 Å². The number of nitrogens with zero attached hydrogens (tertiary/aromatic N) is 6. The number of carbonyl (C=O) groups is 1. The third kappa shape index (κ3) is 5.56. The van der Waals surface area contributed by atoms with Gasteiger partial charge in [0.15, 0.2) is 11.6 Å². The van der Waals surface area contributed by atoms with Crippen LogP contribution in [0.5, 0.6) is 0 Å². The van der Waals surface area contributed by atoms with Crippen molar-refractivity contribution >= 4 is 68.8 Å². The highest BCUT2D eigenvalue weighted by atomic mass is 35.5. The zero-order chi connectivity index (χ0) is 34.6. The first-order valence-corrected chi connectivity index (χ1v) is 16.0. The number of amides is 1. The quantitative estimate of drug-likeness (QED) is 0.130. The van der Waals surface area contributed by atoms with Crippen LogP contribution in [0.1, 0.15) is 46.2 Å². The molecule has 4 heterocycles. The van der Waals surface area contributed by atoms with Crippen molar-refractivity contribution in [3.05, 3.63) is 73.6 Å². The van der Waals surface area contributed by atoms with Crippen molar-refractivity contribution in [1.82, 2.24) is 14.5 Å². The molecule has 0 saturated carbocycles. The van der Waals surface area contributed by atoms with Crippen LogP contribution in [0.2, 0.25) is 15.1 Å². The highest BCUT2D eigenvalue weighted by Gasteiger charge is 2.37. The molecule has 0 spiro atoms. The smallest absolute Gasteiger partial charge is 0.272 e. The third-order valence-electron chi connectivity index (χ3n) is 8.71. The summed E-state index contributed by atoms with van der Waals surface area (Å²) >= 11 is 19.2. The van der Waals surface area contributed by atoms with E-state index in [1.54, 1.807) is 11.1 Å². The number of aromatic nitrogens is 2. The molecule has 0 radical (unpaired) electrons. The normalized spacial score (nSPS) is 21.3. The van der Waals surface area contributed by atoms with Crippen molar-refractivity contribution in [2.75, 3.05) is 23.7 Å². The van der Waals surface area contributed by atoms with E-state index in [4.69, 9.17) is 45.5 Å². The number of rotatable bonds is 5. The molecule has 2 aromatic heterocycles. The summed E-state index contributed by atoms with van der Waals surface area (Å²) in [5.41, 5.74) is 5.62. The fraction of sp³-hybridized carbons (Fsp3) is 0.364. The molecular weight excluding hydrogens is 671 g/mol. The number of anilines is 2. The lowest BCUT2D eigenvalue weighted by atomic mass is 9.88. The van der Waals surface area contributed by atoms with Crippen LogP contribution in [0.3, 0.4) is 0 Å². The molecule has 1 unspecified atom stereocenters. The number of aliphatic imine (C=N–C) groups is 1. The van der Waals surface area contributed by atoms with Crippen molar-refractivity contribution < 1.29 is 13.6 Å². The maximum absolute atomic E-state index is 14.9. The molecule has 2 N–H and O–H groups in total. The van der Waals surface area contributed by atoms with Crippen LogP contribution in [0.4, 0.5) is 20.2 Å². The van der Waals surface area contributed by atoms with Gasteiger partial charge >= 0.3 is 0 Å². The van der Waals surface area contributed by atoms with Crippen LogP contribution >= 0.6 is 34.8 Å². The molecule has 2 aliphatic rings. The van der Waals surface area contributed by atoms with Gasteiger partial charge in [0, 0.05) is 54.0 Å². The first-order chi connectivity index (χ1) is 22.2. The number of nitriles is 1. The zero-order valence-electron chi connectivity index (χ0n) is 26.3. The van der Waals surface area contributed by atoms with E-state index in [9.17, 15) is 23.6 Å². The number of hydrogen-bond donors (Lipinski definition) is 1. The molecule has 5 rings (SSSR count). The molecule has 9 nitrogen and oxygen atoms in total. The van der Waals surface area contributed by atoms with E-state index in [-0.39, 0.29) is 76.1 Å². The number of fused-ring (bicyclic) bond motifs is 1. The number of nitrogen functional groups attached to an aromatic ring is 1. The molecule has 1 fully saturated rings.